The first-order valence-corrected chi connectivity index (χ1v) is 11.4. The number of ether oxygens (including phenoxy) is 1. The second-order valence-corrected chi connectivity index (χ2v) is 8.34. The van der Waals surface area contributed by atoms with Gasteiger partial charge in [0.2, 0.25) is 5.95 Å². The van der Waals surface area contributed by atoms with E-state index in [4.69, 9.17) is 4.74 Å². The van der Waals surface area contributed by atoms with Crippen LogP contribution >= 0.6 is 0 Å². The highest BCUT2D eigenvalue weighted by molar-refractivity contribution is 5.92. The maximum absolute atomic E-state index is 13.7. The monoisotopic (exact) mass is 518 g/mol. The average molecular weight is 518 g/mol. The number of pyridine rings is 2. The number of benzene rings is 2. The summed E-state index contributed by atoms with van der Waals surface area (Å²) in [5.74, 6) is 0.882. The maximum atomic E-state index is 13.7. The summed E-state index contributed by atoms with van der Waals surface area (Å²) in [5, 5.41) is 5.52. The number of halogens is 3. The molecule has 0 unspecified atom stereocenters. The lowest BCUT2D eigenvalue weighted by Crippen LogP contribution is -2.18. The first-order valence-electron chi connectivity index (χ1n) is 11.4. The number of rotatable bonds is 6. The minimum atomic E-state index is -4.54. The number of hydrogen-bond acceptors (Lipinski definition) is 6. The number of alkyl halides is 3. The number of carbonyl (C=O) groups is 1. The summed E-state index contributed by atoms with van der Waals surface area (Å²) < 4.78 is 48.6. The summed E-state index contributed by atoms with van der Waals surface area (Å²) in [6.07, 6.45) is -1.54. The predicted molar refractivity (Wildman–Crippen MR) is 136 cm³/mol. The van der Waals surface area contributed by atoms with Gasteiger partial charge in [-0.25, -0.2) is 4.98 Å². The molecule has 0 radical (unpaired) electrons. The van der Waals surface area contributed by atoms with Crippen molar-refractivity contribution in [3.63, 3.8) is 0 Å². The van der Waals surface area contributed by atoms with Crippen molar-refractivity contribution >= 4 is 28.6 Å². The smallest absolute Gasteiger partial charge is 0.416 e. The molecular weight excluding hydrogens is 497 g/mol. The molecule has 0 aliphatic carbocycles. The Hall–Kier alpha value is -4.93. The SMILES string of the molecule is CNC(=O)c1cc(Oc2ccc3c(c2)nc(Nc2cc(-c4ccccn4)cc(C(F)(F)F)c2)n3C)ccn1. The van der Waals surface area contributed by atoms with Gasteiger partial charge in [-0.15, -0.1) is 0 Å². The lowest BCUT2D eigenvalue weighted by Gasteiger charge is -2.13. The number of imidazole rings is 1. The molecule has 2 aromatic carbocycles. The number of carbonyl (C=O) groups excluding carboxylic acids is 1. The summed E-state index contributed by atoms with van der Waals surface area (Å²) in [6.45, 7) is 0. The molecule has 2 N–H and O–H groups in total. The van der Waals surface area contributed by atoms with Gasteiger partial charge in [-0.3, -0.25) is 14.8 Å². The molecular formula is C27H21F3N6O2. The molecule has 192 valence electrons. The lowest BCUT2D eigenvalue weighted by molar-refractivity contribution is -0.137. The number of nitrogens with zero attached hydrogens (tertiary/aromatic N) is 4. The van der Waals surface area contributed by atoms with Crippen molar-refractivity contribution in [2.24, 2.45) is 7.05 Å². The van der Waals surface area contributed by atoms with E-state index >= 15 is 0 Å². The zero-order chi connectivity index (χ0) is 26.9. The highest BCUT2D eigenvalue weighted by Gasteiger charge is 2.31. The molecule has 0 spiro atoms. The highest BCUT2D eigenvalue weighted by Crippen LogP contribution is 2.36. The van der Waals surface area contributed by atoms with Crippen LogP contribution < -0.4 is 15.4 Å². The molecule has 5 aromatic rings. The molecule has 0 atom stereocenters. The summed E-state index contributed by atoms with van der Waals surface area (Å²) >= 11 is 0. The molecule has 3 heterocycles. The summed E-state index contributed by atoms with van der Waals surface area (Å²) in [7, 11) is 3.26. The molecule has 0 saturated heterocycles. The molecule has 3 aromatic heterocycles. The standard InChI is InChI=1S/C27H21F3N6O2/c1-31-25(37)23-15-20(8-10-33-23)38-19-6-7-24-22(14-19)35-26(36(24)2)34-18-12-16(21-5-3-4-9-32-21)11-17(13-18)27(28,29)30/h3-15H,1-2H3,(H,31,37)(H,34,35). The van der Waals surface area contributed by atoms with E-state index in [1.165, 1.54) is 25.5 Å². The molecule has 0 aliphatic heterocycles. The number of aryl methyl sites for hydroxylation is 1. The fourth-order valence-corrected chi connectivity index (χ4v) is 3.89. The van der Waals surface area contributed by atoms with Crippen molar-refractivity contribution in [3.8, 4) is 22.8 Å². The average Bonchev–Trinajstić information content (AvgIpc) is 3.22. The van der Waals surface area contributed by atoms with Crippen molar-refractivity contribution in [1.82, 2.24) is 24.8 Å². The van der Waals surface area contributed by atoms with Crippen LogP contribution in [-0.2, 0) is 13.2 Å². The Morgan fingerprint density at radius 1 is 0.947 bits per heavy atom. The van der Waals surface area contributed by atoms with E-state index in [2.05, 4.69) is 25.6 Å². The van der Waals surface area contributed by atoms with E-state index in [1.54, 1.807) is 60.1 Å². The minimum Gasteiger partial charge on any atom is -0.457 e. The van der Waals surface area contributed by atoms with Crippen molar-refractivity contribution < 1.29 is 22.7 Å². The van der Waals surface area contributed by atoms with E-state index in [0.29, 0.717) is 34.2 Å². The molecule has 5 rings (SSSR count). The summed E-state index contributed by atoms with van der Waals surface area (Å²) in [5.41, 5.74) is 1.67. The molecule has 0 aliphatic rings. The molecule has 0 fully saturated rings. The molecule has 38 heavy (non-hydrogen) atoms. The third-order valence-electron chi connectivity index (χ3n) is 5.76. The van der Waals surface area contributed by atoms with Gasteiger partial charge in [-0.05, 0) is 48.5 Å². The Kier molecular flexibility index (Phi) is 6.41. The summed E-state index contributed by atoms with van der Waals surface area (Å²) in [4.78, 5) is 24.6. The van der Waals surface area contributed by atoms with Gasteiger partial charge in [0, 0.05) is 49.9 Å². The van der Waals surface area contributed by atoms with E-state index in [0.717, 1.165) is 17.6 Å². The number of amides is 1. The number of aromatic nitrogens is 4. The third kappa shape index (κ3) is 5.12. The largest absolute Gasteiger partial charge is 0.457 e. The van der Waals surface area contributed by atoms with Gasteiger partial charge in [0.1, 0.15) is 17.2 Å². The molecule has 1 amide bonds. The van der Waals surface area contributed by atoms with Crippen LogP contribution in [0, 0.1) is 0 Å². The van der Waals surface area contributed by atoms with Crippen molar-refractivity contribution in [2.75, 3.05) is 12.4 Å². The Labute approximate surface area is 215 Å². The fourth-order valence-electron chi connectivity index (χ4n) is 3.89. The number of hydrogen-bond donors (Lipinski definition) is 2. The van der Waals surface area contributed by atoms with E-state index in [9.17, 15) is 18.0 Å². The van der Waals surface area contributed by atoms with Crippen molar-refractivity contribution in [2.45, 2.75) is 6.18 Å². The van der Waals surface area contributed by atoms with Gasteiger partial charge < -0.3 is 19.9 Å². The zero-order valence-electron chi connectivity index (χ0n) is 20.2. The van der Waals surface area contributed by atoms with E-state index < -0.39 is 11.7 Å². The quantitative estimate of drug-likeness (QED) is 0.289. The fraction of sp³-hybridized carbons (Fsp3) is 0.111. The third-order valence-corrected chi connectivity index (χ3v) is 5.76. The maximum Gasteiger partial charge on any atom is 0.416 e. The number of nitrogens with one attached hydrogen (secondary N) is 2. The summed E-state index contributed by atoms with van der Waals surface area (Å²) in [6, 6.07) is 17.1. The van der Waals surface area contributed by atoms with Crippen LogP contribution in [0.25, 0.3) is 22.3 Å². The van der Waals surface area contributed by atoms with Crippen LogP contribution in [0.3, 0.4) is 0 Å². The second kappa shape index (κ2) is 9.85. The molecule has 0 saturated carbocycles. The van der Waals surface area contributed by atoms with E-state index in [1.807, 2.05) is 0 Å². The normalized spacial score (nSPS) is 11.4. The van der Waals surface area contributed by atoms with Gasteiger partial charge in [-0.2, -0.15) is 13.2 Å². The lowest BCUT2D eigenvalue weighted by atomic mass is 10.1. The van der Waals surface area contributed by atoms with Crippen LogP contribution in [0.2, 0.25) is 0 Å². The van der Waals surface area contributed by atoms with Crippen molar-refractivity contribution in [3.05, 3.63) is 90.4 Å². The Bertz CT molecular complexity index is 1630. The Morgan fingerprint density at radius 2 is 1.76 bits per heavy atom. The van der Waals surface area contributed by atoms with Crippen LogP contribution in [0.15, 0.2) is 79.1 Å². The van der Waals surface area contributed by atoms with Gasteiger partial charge in [0.05, 0.1) is 22.3 Å². The van der Waals surface area contributed by atoms with Crippen LogP contribution in [0.4, 0.5) is 24.8 Å². The van der Waals surface area contributed by atoms with Crippen molar-refractivity contribution in [1.29, 1.82) is 0 Å². The number of fused-ring (bicyclic) bond motifs is 1. The van der Waals surface area contributed by atoms with Crippen LogP contribution in [-0.4, -0.2) is 32.5 Å². The first-order chi connectivity index (χ1) is 18.2. The molecule has 11 heteroatoms. The minimum absolute atomic E-state index is 0.210. The number of anilines is 2. The predicted octanol–water partition coefficient (Wildman–Crippen LogP) is 5.94. The zero-order valence-corrected chi connectivity index (χ0v) is 20.2. The van der Waals surface area contributed by atoms with Crippen LogP contribution in [0.1, 0.15) is 16.1 Å². The van der Waals surface area contributed by atoms with Gasteiger partial charge in [-0.1, -0.05) is 6.07 Å². The van der Waals surface area contributed by atoms with E-state index in [-0.39, 0.29) is 17.3 Å². The second-order valence-electron chi connectivity index (χ2n) is 8.34. The van der Waals surface area contributed by atoms with Gasteiger partial charge in [0.15, 0.2) is 0 Å². The topological polar surface area (TPSA) is 94.0 Å². The van der Waals surface area contributed by atoms with Gasteiger partial charge >= 0.3 is 6.18 Å². The Morgan fingerprint density at radius 3 is 2.50 bits per heavy atom. The molecule has 8 nitrogen and oxygen atoms in total. The Balaban J connectivity index is 1.46. The first kappa shape index (κ1) is 24.8. The van der Waals surface area contributed by atoms with Gasteiger partial charge in [0.25, 0.3) is 5.91 Å². The highest BCUT2D eigenvalue weighted by atomic mass is 19.4. The molecule has 0 bridgehead atoms. The van der Waals surface area contributed by atoms with Crippen LogP contribution in [0.5, 0.6) is 11.5 Å².